The Labute approximate surface area is 104 Å². The van der Waals surface area contributed by atoms with Gasteiger partial charge in [0.1, 0.15) is 11.2 Å². The van der Waals surface area contributed by atoms with Gasteiger partial charge in [0.2, 0.25) is 0 Å². The van der Waals surface area contributed by atoms with Crippen molar-refractivity contribution < 1.29 is 24.2 Å². The maximum absolute atomic E-state index is 13.6. The summed E-state index contributed by atoms with van der Waals surface area (Å²) in [6, 6.07) is 3.89. The lowest BCUT2D eigenvalue weighted by Crippen LogP contribution is -2.26. The van der Waals surface area contributed by atoms with E-state index in [0.29, 0.717) is 4.47 Å². The first kappa shape index (κ1) is 12.0. The number of rotatable bonds is 3. The average Bonchev–Trinajstić information content (AvgIpc) is 2.98. The summed E-state index contributed by atoms with van der Waals surface area (Å²) in [4.78, 5) is 22.1. The van der Waals surface area contributed by atoms with Crippen LogP contribution in [0.4, 0.5) is 4.39 Å². The number of carbonyl (C=O) groups is 2. The predicted molar refractivity (Wildman–Crippen MR) is 59.2 cm³/mol. The molecule has 0 heterocycles. The van der Waals surface area contributed by atoms with Gasteiger partial charge in [-0.3, -0.25) is 9.59 Å². The molecule has 2 rings (SSSR count). The van der Waals surface area contributed by atoms with Crippen LogP contribution in [-0.4, -0.2) is 22.2 Å². The molecule has 0 bridgehead atoms. The molecule has 0 radical (unpaired) electrons. The number of carboxylic acids is 2. The zero-order chi connectivity index (χ0) is 12.8. The molecule has 1 saturated carbocycles. The maximum atomic E-state index is 13.6. The summed E-state index contributed by atoms with van der Waals surface area (Å²) in [5, 5.41) is 18.0. The molecule has 1 fully saturated rings. The van der Waals surface area contributed by atoms with Crippen molar-refractivity contribution in [2.45, 2.75) is 11.8 Å². The summed E-state index contributed by atoms with van der Waals surface area (Å²) < 4.78 is 14.1. The van der Waals surface area contributed by atoms with Gasteiger partial charge in [0.05, 0.1) is 5.92 Å². The van der Waals surface area contributed by atoms with Gasteiger partial charge in [0.15, 0.2) is 0 Å². The molecule has 0 aliphatic heterocycles. The zero-order valence-corrected chi connectivity index (χ0v) is 10.1. The molecule has 90 valence electrons. The van der Waals surface area contributed by atoms with Gasteiger partial charge in [0.25, 0.3) is 0 Å². The van der Waals surface area contributed by atoms with Crippen LogP contribution in [0.25, 0.3) is 0 Å². The third-order valence-corrected chi connectivity index (χ3v) is 3.54. The van der Waals surface area contributed by atoms with Crippen LogP contribution in [0.15, 0.2) is 22.7 Å². The highest BCUT2D eigenvalue weighted by Gasteiger charge is 2.66. The quantitative estimate of drug-likeness (QED) is 0.896. The van der Waals surface area contributed by atoms with E-state index in [2.05, 4.69) is 15.9 Å². The molecule has 0 saturated heterocycles. The van der Waals surface area contributed by atoms with E-state index in [9.17, 15) is 14.0 Å². The molecule has 17 heavy (non-hydrogen) atoms. The van der Waals surface area contributed by atoms with Crippen LogP contribution in [0.5, 0.6) is 0 Å². The fourth-order valence-corrected chi connectivity index (χ4v) is 2.41. The minimum atomic E-state index is -1.63. The number of hydrogen-bond donors (Lipinski definition) is 2. The highest BCUT2D eigenvalue weighted by molar-refractivity contribution is 9.10. The first-order valence-corrected chi connectivity index (χ1v) is 5.60. The van der Waals surface area contributed by atoms with Crippen molar-refractivity contribution in [3.05, 3.63) is 34.1 Å². The molecule has 2 atom stereocenters. The first-order valence-electron chi connectivity index (χ1n) is 4.81. The average molecular weight is 303 g/mol. The van der Waals surface area contributed by atoms with Crippen molar-refractivity contribution in [1.29, 1.82) is 0 Å². The van der Waals surface area contributed by atoms with Gasteiger partial charge in [-0.2, -0.15) is 0 Å². The van der Waals surface area contributed by atoms with Crippen LogP contribution < -0.4 is 0 Å². The SMILES string of the molecule is O=C(O)C1CC1(C(=O)O)c1cc(Br)ccc1F. The van der Waals surface area contributed by atoms with Crippen LogP contribution >= 0.6 is 15.9 Å². The number of aliphatic carboxylic acids is 2. The van der Waals surface area contributed by atoms with E-state index in [1.165, 1.54) is 12.1 Å². The van der Waals surface area contributed by atoms with Crippen molar-refractivity contribution in [2.24, 2.45) is 5.92 Å². The van der Waals surface area contributed by atoms with Crippen LogP contribution in [0, 0.1) is 11.7 Å². The van der Waals surface area contributed by atoms with Crippen LogP contribution in [-0.2, 0) is 15.0 Å². The third kappa shape index (κ3) is 1.72. The van der Waals surface area contributed by atoms with Crippen molar-refractivity contribution in [1.82, 2.24) is 0 Å². The first-order chi connectivity index (χ1) is 7.89. The molecule has 0 spiro atoms. The molecule has 1 aliphatic rings. The second-order valence-electron chi connectivity index (χ2n) is 4.00. The van der Waals surface area contributed by atoms with E-state index >= 15 is 0 Å². The summed E-state index contributed by atoms with van der Waals surface area (Å²) in [6.07, 6.45) is -0.0783. The zero-order valence-electron chi connectivity index (χ0n) is 8.48. The van der Waals surface area contributed by atoms with Gasteiger partial charge in [-0.15, -0.1) is 0 Å². The summed E-state index contributed by atoms with van der Waals surface area (Å²) in [7, 11) is 0. The van der Waals surface area contributed by atoms with Gasteiger partial charge in [0, 0.05) is 10.0 Å². The number of halogens is 2. The Bertz CT molecular complexity index is 516. The van der Waals surface area contributed by atoms with Crippen molar-refractivity contribution in [3.8, 4) is 0 Å². The maximum Gasteiger partial charge on any atom is 0.315 e. The van der Waals surface area contributed by atoms with Crippen molar-refractivity contribution in [3.63, 3.8) is 0 Å². The Hall–Kier alpha value is -1.43. The summed E-state index contributed by atoms with van der Waals surface area (Å²) in [5.41, 5.74) is -1.70. The second kappa shape index (κ2) is 3.80. The lowest BCUT2D eigenvalue weighted by Gasteiger charge is -2.13. The van der Waals surface area contributed by atoms with Crippen LogP contribution in [0.3, 0.4) is 0 Å². The molecule has 0 aromatic heterocycles. The fourth-order valence-electron chi connectivity index (χ4n) is 2.05. The molecular formula is C11H8BrFO4. The Kier molecular flexibility index (Phi) is 2.69. The van der Waals surface area contributed by atoms with Gasteiger partial charge < -0.3 is 10.2 Å². The summed E-state index contributed by atoms with van der Waals surface area (Å²) in [6.45, 7) is 0. The van der Waals surface area contributed by atoms with Crippen molar-refractivity contribution >= 4 is 27.9 Å². The molecule has 1 aromatic carbocycles. The Morgan fingerprint density at radius 2 is 2.06 bits per heavy atom. The topological polar surface area (TPSA) is 74.6 Å². The molecule has 4 nitrogen and oxygen atoms in total. The Morgan fingerprint density at radius 1 is 1.41 bits per heavy atom. The predicted octanol–water partition coefficient (Wildman–Crippen LogP) is 2.02. The second-order valence-corrected chi connectivity index (χ2v) is 4.91. The minimum Gasteiger partial charge on any atom is -0.481 e. The van der Waals surface area contributed by atoms with Gasteiger partial charge in [-0.25, -0.2) is 4.39 Å². The number of carboxylic acid groups (broad SMARTS) is 2. The standard InChI is InChI=1S/C11H8BrFO4/c12-5-1-2-8(13)6(3-5)11(10(16)17)4-7(11)9(14)15/h1-3,7H,4H2,(H,14,15)(H,16,17). The van der Waals surface area contributed by atoms with Gasteiger partial charge >= 0.3 is 11.9 Å². The molecule has 2 unspecified atom stereocenters. The van der Waals surface area contributed by atoms with Gasteiger partial charge in [-0.05, 0) is 24.6 Å². The van der Waals surface area contributed by atoms with Crippen molar-refractivity contribution in [2.75, 3.05) is 0 Å². The van der Waals surface area contributed by atoms with Crippen LogP contribution in [0.1, 0.15) is 12.0 Å². The smallest absolute Gasteiger partial charge is 0.315 e. The lowest BCUT2D eigenvalue weighted by atomic mass is 9.93. The third-order valence-electron chi connectivity index (χ3n) is 3.05. The van der Waals surface area contributed by atoms with E-state index in [-0.39, 0.29) is 12.0 Å². The molecule has 0 amide bonds. The van der Waals surface area contributed by atoms with E-state index in [1.54, 1.807) is 0 Å². The largest absolute Gasteiger partial charge is 0.481 e. The van der Waals surface area contributed by atoms with E-state index in [0.717, 1.165) is 6.07 Å². The molecule has 2 N–H and O–H groups in total. The Balaban J connectivity index is 2.53. The number of benzene rings is 1. The molecule has 6 heteroatoms. The summed E-state index contributed by atoms with van der Waals surface area (Å²) >= 11 is 3.12. The molecule has 1 aromatic rings. The van der Waals surface area contributed by atoms with E-state index in [1.807, 2.05) is 0 Å². The van der Waals surface area contributed by atoms with Crippen LogP contribution in [0.2, 0.25) is 0 Å². The summed E-state index contributed by atoms with van der Waals surface area (Å²) in [5.74, 6) is -4.28. The number of hydrogen-bond acceptors (Lipinski definition) is 2. The highest BCUT2D eigenvalue weighted by atomic mass is 79.9. The monoisotopic (exact) mass is 302 g/mol. The van der Waals surface area contributed by atoms with E-state index in [4.69, 9.17) is 10.2 Å². The normalized spacial score (nSPS) is 26.6. The Morgan fingerprint density at radius 3 is 2.53 bits per heavy atom. The highest BCUT2D eigenvalue weighted by Crippen LogP contribution is 2.55. The van der Waals surface area contributed by atoms with E-state index < -0.39 is 29.1 Å². The molecule has 1 aliphatic carbocycles. The lowest BCUT2D eigenvalue weighted by molar-refractivity contribution is -0.146. The minimum absolute atomic E-state index is 0.0771. The fraction of sp³-hybridized carbons (Fsp3) is 0.273. The molecular weight excluding hydrogens is 295 g/mol. The van der Waals surface area contributed by atoms with Gasteiger partial charge in [-0.1, -0.05) is 15.9 Å².